The molecule has 2 amide bonds. The van der Waals surface area contributed by atoms with E-state index in [0.29, 0.717) is 22.5 Å². The van der Waals surface area contributed by atoms with E-state index < -0.39 is 17.7 Å². The van der Waals surface area contributed by atoms with Crippen LogP contribution in [0.3, 0.4) is 0 Å². The first-order valence-corrected chi connectivity index (χ1v) is 9.61. The highest BCUT2D eigenvalue weighted by Gasteiger charge is 2.35. The number of alkyl halides is 1. The molecule has 0 fully saturated rings. The lowest BCUT2D eigenvalue weighted by Crippen LogP contribution is -2.42. The van der Waals surface area contributed by atoms with Gasteiger partial charge in [-0.25, -0.2) is 13.9 Å². The Balaban J connectivity index is 1.56. The molecule has 1 aliphatic heterocycles. The number of benzene rings is 1. The number of nitrogens with zero attached hydrogens (tertiary/aromatic N) is 4. The zero-order valence-corrected chi connectivity index (χ0v) is 17.0. The maximum absolute atomic E-state index is 14.2. The van der Waals surface area contributed by atoms with Crippen LogP contribution in [0.2, 0.25) is 5.02 Å². The molecule has 30 heavy (non-hydrogen) atoms. The first-order valence-electron chi connectivity index (χ1n) is 9.23. The Morgan fingerprint density at radius 3 is 2.93 bits per heavy atom. The third-order valence-corrected chi connectivity index (χ3v) is 5.30. The number of hydrogen-bond donors (Lipinski definition) is 2. The summed E-state index contributed by atoms with van der Waals surface area (Å²) < 4.78 is 15.7. The first-order chi connectivity index (χ1) is 14.1. The van der Waals surface area contributed by atoms with Crippen LogP contribution in [0, 0.1) is 0 Å². The number of amides is 2. The summed E-state index contributed by atoms with van der Waals surface area (Å²) in [4.78, 5) is 30.8. The van der Waals surface area contributed by atoms with Gasteiger partial charge in [-0.05, 0) is 37.6 Å². The SMILES string of the molecule is CC(C)(O)[C@H](F)CN1Cc2cc(NC(=O)c3cnn4cccnc34)c(Cl)cc2C1=O. The molecule has 3 heterocycles. The Bertz CT molecular complexity index is 1160. The van der Waals surface area contributed by atoms with Gasteiger partial charge in [0.2, 0.25) is 0 Å². The third-order valence-electron chi connectivity index (χ3n) is 4.99. The van der Waals surface area contributed by atoms with Gasteiger partial charge in [0.05, 0.1) is 29.1 Å². The second-order valence-corrected chi connectivity index (χ2v) is 8.10. The van der Waals surface area contributed by atoms with Gasteiger partial charge in [-0.3, -0.25) is 9.59 Å². The molecule has 10 heteroatoms. The largest absolute Gasteiger partial charge is 0.387 e. The van der Waals surface area contributed by atoms with E-state index in [2.05, 4.69) is 15.4 Å². The van der Waals surface area contributed by atoms with Gasteiger partial charge in [-0.2, -0.15) is 5.10 Å². The maximum atomic E-state index is 14.2. The van der Waals surface area contributed by atoms with Crippen molar-refractivity contribution in [2.24, 2.45) is 0 Å². The van der Waals surface area contributed by atoms with Crippen molar-refractivity contribution in [3.63, 3.8) is 0 Å². The Morgan fingerprint density at radius 2 is 2.20 bits per heavy atom. The molecule has 2 N–H and O–H groups in total. The molecule has 0 saturated heterocycles. The van der Waals surface area contributed by atoms with Crippen LogP contribution >= 0.6 is 11.6 Å². The molecule has 0 saturated carbocycles. The number of anilines is 1. The molecule has 4 rings (SSSR count). The van der Waals surface area contributed by atoms with Crippen molar-refractivity contribution in [1.82, 2.24) is 19.5 Å². The standard InChI is InChI=1S/C20H19ClFN5O3/c1-20(2,30)16(22)10-26-9-11-6-15(14(21)7-12(11)19(26)29)25-18(28)13-8-24-27-5-3-4-23-17(13)27/h3-8,16,30H,9-10H2,1-2H3,(H,25,28)/t16-/m1/s1. The molecule has 1 aromatic carbocycles. The normalized spacial score (nSPS) is 14.8. The molecular formula is C20H19ClFN5O3. The molecule has 2 aromatic heterocycles. The fraction of sp³-hybridized carbons (Fsp3) is 0.300. The van der Waals surface area contributed by atoms with E-state index in [-0.39, 0.29) is 29.6 Å². The fourth-order valence-corrected chi connectivity index (χ4v) is 3.44. The minimum atomic E-state index is -1.60. The highest BCUT2D eigenvalue weighted by Crippen LogP contribution is 2.33. The summed E-state index contributed by atoms with van der Waals surface area (Å²) in [7, 11) is 0. The summed E-state index contributed by atoms with van der Waals surface area (Å²) in [6.07, 6.45) is 3.03. The Hall–Kier alpha value is -3.04. The van der Waals surface area contributed by atoms with Gasteiger partial charge in [-0.1, -0.05) is 11.6 Å². The average Bonchev–Trinajstić information content (AvgIpc) is 3.24. The molecule has 156 valence electrons. The number of nitrogens with one attached hydrogen (secondary N) is 1. The summed E-state index contributed by atoms with van der Waals surface area (Å²) in [6, 6.07) is 4.76. The molecule has 0 spiro atoms. The predicted octanol–water partition coefficient (Wildman–Crippen LogP) is 2.70. The first kappa shape index (κ1) is 20.2. The molecule has 3 aromatic rings. The molecule has 0 radical (unpaired) electrons. The Morgan fingerprint density at radius 1 is 1.43 bits per heavy atom. The summed E-state index contributed by atoms with van der Waals surface area (Å²) in [5.41, 5.74) is 0.391. The van der Waals surface area contributed by atoms with E-state index in [1.807, 2.05) is 0 Å². The van der Waals surface area contributed by atoms with E-state index in [1.165, 1.54) is 35.5 Å². The minimum Gasteiger partial charge on any atom is -0.387 e. The lowest BCUT2D eigenvalue weighted by atomic mass is 10.0. The molecule has 0 unspecified atom stereocenters. The van der Waals surface area contributed by atoms with Gasteiger partial charge in [0.1, 0.15) is 11.7 Å². The van der Waals surface area contributed by atoms with E-state index in [1.54, 1.807) is 24.5 Å². The maximum Gasteiger partial charge on any atom is 0.261 e. The molecule has 8 nitrogen and oxygen atoms in total. The van der Waals surface area contributed by atoms with E-state index in [4.69, 9.17) is 11.6 Å². The molecular weight excluding hydrogens is 413 g/mol. The van der Waals surface area contributed by atoms with Crippen LogP contribution in [0.1, 0.15) is 40.1 Å². The van der Waals surface area contributed by atoms with Crippen molar-refractivity contribution in [1.29, 1.82) is 0 Å². The van der Waals surface area contributed by atoms with Crippen LogP contribution in [0.15, 0.2) is 36.8 Å². The number of aliphatic hydroxyl groups is 1. The van der Waals surface area contributed by atoms with E-state index in [0.717, 1.165) is 0 Å². The summed E-state index contributed by atoms with van der Waals surface area (Å²) in [5, 5.41) is 16.8. The van der Waals surface area contributed by atoms with Gasteiger partial charge >= 0.3 is 0 Å². The van der Waals surface area contributed by atoms with Crippen LogP contribution in [-0.4, -0.2) is 54.7 Å². The van der Waals surface area contributed by atoms with Crippen LogP contribution in [-0.2, 0) is 6.54 Å². The summed E-state index contributed by atoms with van der Waals surface area (Å²) >= 11 is 6.29. The fourth-order valence-electron chi connectivity index (χ4n) is 3.23. The number of aromatic nitrogens is 3. The number of carbonyl (C=O) groups is 2. The summed E-state index contributed by atoms with van der Waals surface area (Å²) in [6.45, 7) is 2.61. The molecule has 0 bridgehead atoms. The zero-order chi connectivity index (χ0) is 21.6. The average molecular weight is 432 g/mol. The van der Waals surface area contributed by atoms with Crippen LogP contribution in [0.5, 0.6) is 0 Å². The highest BCUT2D eigenvalue weighted by molar-refractivity contribution is 6.34. The van der Waals surface area contributed by atoms with Crippen LogP contribution < -0.4 is 5.32 Å². The van der Waals surface area contributed by atoms with Crippen LogP contribution in [0.25, 0.3) is 5.65 Å². The van der Waals surface area contributed by atoms with Crippen molar-refractivity contribution in [3.05, 3.63) is 58.5 Å². The molecule has 0 aliphatic carbocycles. The second kappa shape index (κ2) is 7.33. The van der Waals surface area contributed by atoms with Gasteiger partial charge in [0.15, 0.2) is 5.65 Å². The number of carbonyl (C=O) groups excluding carboxylic acids is 2. The predicted molar refractivity (Wildman–Crippen MR) is 108 cm³/mol. The van der Waals surface area contributed by atoms with Crippen molar-refractivity contribution in [2.75, 3.05) is 11.9 Å². The molecule has 1 atom stereocenters. The number of hydrogen-bond acceptors (Lipinski definition) is 5. The Labute approximate surface area is 176 Å². The topological polar surface area (TPSA) is 99.8 Å². The highest BCUT2D eigenvalue weighted by atomic mass is 35.5. The quantitative estimate of drug-likeness (QED) is 0.647. The van der Waals surface area contributed by atoms with Crippen molar-refractivity contribution < 1.29 is 19.1 Å². The smallest absolute Gasteiger partial charge is 0.261 e. The third kappa shape index (κ3) is 3.61. The number of halogens is 2. The lowest BCUT2D eigenvalue weighted by Gasteiger charge is -2.26. The van der Waals surface area contributed by atoms with Gasteiger partial charge in [0, 0.05) is 24.5 Å². The monoisotopic (exact) mass is 431 g/mol. The molecule has 1 aliphatic rings. The van der Waals surface area contributed by atoms with Gasteiger partial charge in [0.25, 0.3) is 11.8 Å². The zero-order valence-electron chi connectivity index (χ0n) is 16.3. The number of rotatable bonds is 5. The van der Waals surface area contributed by atoms with Crippen LogP contribution in [0.4, 0.5) is 10.1 Å². The Kier molecular flexibility index (Phi) is 4.95. The van der Waals surface area contributed by atoms with E-state index in [9.17, 15) is 19.1 Å². The minimum absolute atomic E-state index is 0.156. The van der Waals surface area contributed by atoms with Gasteiger partial charge < -0.3 is 15.3 Å². The summed E-state index contributed by atoms with van der Waals surface area (Å²) in [5.74, 6) is -0.818. The lowest BCUT2D eigenvalue weighted by molar-refractivity contribution is -0.0159. The van der Waals surface area contributed by atoms with Crippen molar-refractivity contribution in [3.8, 4) is 0 Å². The van der Waals surface area contributed by atoms with Gasteiger partial charge in [-0.15, -0.1) is 0 Å². The number of fused-ring (bicyclic) bond motifs is 2. The van der Waals surface area contributed by atoms with Crippen molar-refractivity contribution >= 4 is 34.7 Å². The van der Waals surface area contributed by atoms with E-state index >= 15 is 0 Å². The second-order valence-electron chi connectivity index (χ2n) is 7.70. The van der Waals surface area contributed by atoms with Crippen molar-refractivity contribution in [2.45, 2.75) is 32.2 Å².